The van der Waals surface area contributed by atoms with Crippen molar-refractivity contribution in [1.82, 2.24) is 5.32 Å². The Hall–Kier alpha value is -2.82. The van der Waals surface area contributed by atoms with Crippen LogP contribution in [-0.2, 0) is 9.53 Å². The minimum absolute atomic E-state index is 0.0176. The molecule has 0 bridgehead atoms. The lowest BCUT2D eigenvalue weighted by atomic mass is 9.86. The van der Waals surface area contributed by atoms with Crippen LogP contribution < -0.4 is 5.32 Å². The second kappa shape index (κ2) is 6.83. The third-order valence-corrected chi connectivity index (χ3v) is 5.31. The van der Waals surface area contributed by atoms with Crippen LogP contribution in [0.15, 0.2) is 48.5 Å². The average Bonchev–Trinajstić information content (AvgIpc) is 2.94. The molecule has 0 heterocycles. The highest BCUT2D eigenvalue weighted by atomic mass is 16.5. The van der Waals surface area contributed by atoms with Crippen LogP contribution in [0.25, 0.3) is 11.1 Å². The van der Waals surface area contributed by atoms with Crippen molar-refractivity contribution < 1.29 is 19.4 Å². The van der Waals surface area contributed by atoms with Gasteiger partial charge < -0.3 is 15.2 Å². The predicted octanol–water partition coefficient (Wildman–Crippen LogP) is 4.02. The van der Waals surface area contributed by atoms with E-state index in [0.717, 1.165) is 22.3 Å². The van der Waals surface area contributed by atoms with Gasteiger partial charge in [-0.3, -0.25) is 4.79 Å². The lowest BCUT2D eigenvalue weighted by Gasteiger charge is -2.27. The van der Waals surface area contributed by atoms with Crippen molar-refractivity contribution in [3.8, 4) is 11.1 Å². The lowest BCUT2D eigenvalue weighted by molar-refractivity contribution is -0.148. The van der Waals surface area contributed by atoms with E-state index in [0.29, 0.717) is 0 Å². The van der Waals surface area contributed by atoms with Crippen molar-refractivity contribution in [2.75, 3.05) is 6.61 Å². The fraction of sp³-hybridized carbons (Fsp3) is 0.333. The standard InChI is InChI=1S/C21H23NO4/c1-13(21(2,3)19(23)24)22-20(25)26-12-18-16-10-6-4-8-14(16)15-9-5-7-11-17(15)18/h4-11,13,18H,12H2,1-3H3,(H,22,25)(H,23,24)/t13-/m0/s1. The third-order valence-electron chi connectivity index (χ3n) is 5.31. The molecule has 2 N–H and O–H groups in total. The summed E-state index contributed by atoms with van der Waals surface area (Å²) in [5.41, 5.74) is 3.53. The number of hydrogen-bond acceptors (Lipinski definition) is 3. The van der Waals surface area contributed by atoms with Crippen molar-refractivity contribution in [1.29, 1.82) is 0 Å². The van der Waals surface area contributed by atoms with Gasteiger partial charge in [-0.25, -0.2) is 4.79 Å². The molecule has 3 rings (SSSR count). The van der Waals surface area contributed by atoms with E-state index in [1.54, 1.807) is 20.8 Å². The number of carboxylic acid groups (broad SMARTS) is 1. The zero-order chi connectivity index (χ0) is 18.9. The maximum absolute atomic E-state index is 12.2. The fourth-order valence-electron chi connectivity index (χ4n) is 3.18. The molecular weight excluding hydrogens is 330 g/mol. The number of ether oxygens (including phenoxy) is 1. The first-order valence-electron chi connectivity index (χ1n) is 8.67. The zero-order valence-electron chi connectivity index (χ0n) is 15.2. The molecule has 1 aliphatic carbocycles. The summed E-state index contributed by atoms with van der Waals surface area (Å²) in [7, 11) is 0. The monoisotopic (exact) mass is 353 g/mol. The third kappa shape index (κ3) is 3.17. The summed E-state index contributed by atoms with van der Waals surface area (Å²) < 4.78 is 5.44. The lowest BCUT2D eigenvalue weighted by Crippen LogP contribution is -2.47. The minimum Gasteiger partial charge on any atom is -0.481 e. The van der Waals surface area contributed by atoms with Crippen molar-refractivity contribution in [2.45, 2.75) is 32.7 Å². The van der Waals surface area contributed by atoms with Gasteiger partial charge in [0.1, 0.15) is 6.61 Å². The van der Waals surface area contributed by atoms with Crippen LogP contribution >= 0.6 is 0 Å². The molecule has 1 atom stereocenters. The summed E-state index contributed by atoms with van der Waals surface area (Å²) in [5, 5.41) is 11.9. The van der Waals surface area contributed by atoms with Gasteiger partial charge in [-0.1, -0.05) is 48.5 Å². The van der Waals surface area contributed by atoms with Crippen molar-refractivity contribution >= 4 is 12.1 Å². The van der Waals surface area contributed by atoms with E-state index in [4.69, 9.17) is 4.74 Å². The second-order valence-electron chi connectivity index (χ2n) is 7.22. The van der Waals surface area contributed by atoms with Crippen LogP contribution in [0.4, 0.5) is 4.79 Å². The highest BCUT2D eigenvalue weighted by molar-refractivity contribution is 5.79. The Labute approximate surface area is 153 Å². The molecule has 1 amide bonds. The molecule has 136 valence electrons. The summed E-state index contributed by atoms with van der Waals surface area (Å²) >= 11 is 0. The number of alkyl carbamates (subject to hydrolysis) is 1. The van der Waals surface area contributed by atoms with Crippen LogP contribution in [0.1, 0.15) is 37.8 Å². The molecule has 5 nitrogen and oxygen atoms in total. The number of aliphatic carboxylic acids is 1. The van der Waals surface area contributed by atoms with Gasteiger partial charge in [0.25, 0.3) is 0 Å². The highest BCUT2D eigenvalue weighted by Gasteiger charge is 2.35. The summed E-state index contributed by atoms with van der Waals surface area (Å²) in [4.78, 5) is 23.5. The van der Waals surface area contributed by atoms with Crippen LogP contribution in [0.3, 0.4) is 0 Å². The number of carbonyl (C=O) groups excluding carboxylic acids is 1. The van der Waals surface area contributed by atoms with E-state index in [1.807, 2.05) is 24.3 Å². The average molecular weight is 353 g/mol. The quantitative estimate of drug-likeness (QED) is 0.851. The maximum Gasteiger partial charge on any atom is 0.407 e. The number of hydrogen-bond donors (Lipinski definition) is 2. The largest absolute Gasteiger partial charge is 0.481 e. The topological polar surface area (TPSA) is 75.6 Å². The van der Waals surface area contributed by atoms with Gasteiger partial charge in [-0.15, -0.1) is 0 Å². The number of carbonyl (C=O) groups is 2. The molecular formula is C21H23NO4. The first kappa shape index (κ1) is 18.0. The molecule has 0 saturated heterocycles. The Morgan fingerprint density at radius 3 is 2.08 bits per heavy atom. The van der Waals surface area contributed by atoms with Crippen molar-refractivity contribution in [3.63, 3.8) is 0 Å². The van der Waals surface area contributed by atoms with E-state index in [1.165, 1.54) is 0 Å². The second-order valence-corrected chi connectivity index (χ2v) is 7.22. The Balaban J connectivity index is 1.70. The molecule has 26 heavy (non-hydrogen) atoms. The molecule has 5 heteroatoms. The predicted molar refractivity (Wildman–Crippen MR) is 99.1 cm³/mol. The number of nitrogens with one attached hydrogen (secondary N) is 1. The van der Waals surface area contributed by atoms with Crippen LogP contribution in [0.2, 0.25) is 0 Å². The van der Waals surface area contributed by atoms with Crippen molar-refractivity contribution in [3.05, 3.63) is 59.7 Å². The number of fused-ring (bicyclic) bond motifs is 3. The number of benzene rings is 2. The molecule has 0 aliphatic heterocycles. The number of amides is 1. The van der Waals surface area contributed by atoms with Gasteiger partial charge in [-0.05, 0) is 43.0 Å². The number of rotatable bonds is 5. The van der Waals surface area contributed by atoms with Gasteiger partial charge in [0.05, 0.1) is 5.41 Å². The van der Waals surface area contributed by atoms with Crippen LogP contribution in [0.5, 0.6) is 0 Å². The Morgan fingerprint density at radius 1 is 1.08 bits per heavy atom. The highest BCUT2D eigenvalue weighted by Crippen LogP contribution is 2.44. The van der Waals surface area contributed by atoms with Gasteiger partial charge >= 0.3 is 12.1 Å². The van der Waals surface area contributed by atoms with E-state index in [-0.39, 0.29) is 12.5 Å². The molecule has 1 aliphatic rings. The Morgan fingerprint density at radius 2 is 1.58 bits per heavy atom. The van der Waals surface area contributed by atoms with E-state index in [2.05, 4.69) is 29.6 Å². The summed E-state index contributed by atoms with van der Waals surface area (Å²) in [6.45, 7) is 5.02. The first-order valence-corrected chi connectivity index (χ1v) is 8.67. The summed E-state index contributed by atoms with van der Waals surface area (Å²) in [6, 6.07) is 15.7. The smallest absolute Gasteiger partial charge is 0.407 e. The molecule has 2 aromatic carbocycles. The zero-order valence-corrected chi connectivity index (χ0v) is 15.2. The molecule has 0 saturated carbocycles. The maximum atomic E-state index is 12.2. The van der Waals surface area contributed by atoms with Gasteiger partial charge in [0.15, 0.2) is 0 Å². The van der Waals surface area contributed by atoms with E-state index in [9.17, 15) is 14.7 Å². The molecule has 0 aromatic heterocycles. The SMILES string of the molecule is C[C@H](NC(=O)OCC1c2ccccc2-c2ccccc21)C(C)(C)C(=O)O. The minimum atomic E-state index is -1.08. The first-order chi connectivity index (χ1) is 12.3. The fourth-order valence-corrected chi connectivity index (χ4v) is 3.18. The van der Waals surface area contributed by atoms with Gasteiger partial charge in [-0.2, -0.15) is 0 Å². The summed E-state index contributed by atoms with van der Waals surface area (Å²) in [6.07, 6.45) is -0.603. The Bertz CT molecular complexity index is 798. The molecule has 0 spiro atoms. The van der Waals surface area contributed by atoms with Gasteiger partial charge in [0, 0.05) is 12.0 Å². The Kier molecular flexibility index (Phi) is 4.72. The molecule has 2 aromatic rings. The van der Waals surface area contributed by atoms with Crippen molar-refractivity contribution in [2.24, 2.45) is 5.41 Å². The van der Waals surface area contributed by atoms with Crippen LogP contribution in [-0.4, -0.2) is 29.8 Å². The van der Waals surface area contributed by atoms with Crippen LogP contribution in [0, 0.1) is 5.41 Å². The normalized spacial score (nSPS) is 14.3. The van der Waals surface area contributed by atoms with Gasteiger partial charge in [0.2, 0.25) is 0 Å². The number of carboxylic acids is 1. The van der Waals surface area contributed by atoms with E-state index < -0.39 is 23.5 Å². The van der Waals surface area contributed by atoms with E-state index >= 15 is 0 Å². The summed E-state index contributed by atoms with van der Waals surface area (Å²) in [5.74, 6) is -0.986. The molecule has 0 fully saturated rings. The molecule has 0 unspecified atom stereocenters. The molecule has 0 radical (unpaired) electrons.